The van der Waals surface area contributed by atoms with Gasteiger partial charge in [-0.05, 0) is 30.3 Å². The second-order valence-corrected chi connectivity index (χ2v) is 8.18. The Morgan fingerprint density at radius 1 is 0.793 bits per heavy atom. The molecule has 5 rings (SSSR count). The molecule has 2 aromatic rings. The highest BCUT2D eigenvalue weighted by Crippen LogP contribution is 2.48. The van der Waals surface area contributed by atoms with Crippen LogP contribution in [0.5, 0.6) is 0 Å². The number of anilines is 2. The summed E-state index contributed by atoms with van der Waals surface area (Å²) < 4.78 is 0. The van der Waals surface area contributed by atoms with Crippen LogP contribution in [0.4, 0.5) is 11.4 Å². The molecular weight excluding hydrogens is 370 g/mol. The molecule has 0 saturated heterocycles. The van der Waals surface area contributed by atoms with Crippen molar-refractivity contribution in [2.45, 2.75) is 9.79 Å². The van der Waals surface area contributed by atoms with Crippen LogP contribution in [-0.4, -0.2) is 7.05 Å². The van der Waals surface area contributed by atoms with E-state index < -0.39 is 0 Å². The SMILES string of the molecule is CN1c2ccc(C#CC3C=CC=C3)cc2Sc2c(C#CC3C=CC=C3)cccc21. The van der Waals surface area contributed by atoms with Gasteiger partial charge in [0.25, 0.3) is 0 Å². The van der Waals surface area contributed by atoms with Crippen molar-refractivity contribution in [3.63, 3.8) is 0 Å². The lowest BCUT2D eigenvalue weighted by Gasteiger charge is -2.30. The van der Waals surface area contributed by atoms with Gasteiger partial charge in [0.15, 0.2) is 0 Å². The van der Waals surface area contributed by atoms with Crippen LogP contribution in [0.15, 0.2) is 94.8 Å². The summed E-state index contributed by atoms with van der Waals surface area (Å²) in [4.78, 5) is 4.69. The first kappa shape index (κ1) is 17.7. The van der Waals surface area contributed by atoms with E-state index in [9.17, 15) is 0 Å². The second-order valence-electron chi connectivity index (χ2n) is 7.13. The van der Waals surface area contributed by atoms with Gasteiger partial charge in [-0.15, -0.1) is 0 Å². The topological polar surface area (TPSA) is 3.24 Å². The summed E-state index contributed by atoms with van der Waals surface area (Å²) in [6.45, 7) is 0. The number of nitrogens with zero attached hydrogens (tertiary/aromatic N) is 1. The summed E-state index contributed by atoms with van der Waals surface area (Å²) in [5.74, 6) is 13.8. The van der Waals surface area contributed by atoms with Crippen LogP contribution in [0, 0.1) is 35.5 Å². The molecule has 0 saturated carbocycles. The molecule has 2 aliphatic carbocycles. The van der Waals surface area contributed by atoms with Crippen molar-refractivity contribution in [3.8, 4) is 23.7 Å². The van der Waals surface area contributed by atoms with Gasteiger partial charge in [-0.3, -0.25) is 0 Å². The number of allylic oxidation sites excluding steroid dienone is 8. The van der Waals surface area contributed by atoms with E-state index in [1.54, 1.807) is 11.8 Å². The van der Waals surface area contributed by atoms with Crippen LogP contribution in [0.1, 0.15) is 11.1 Å². The molecule has 0 unspecified atom stereocenters. The maximum Gasteiger partial charge on any atom is 0.0573 e. The Bertz CT molecular complexity index is 1200. The first-order valence-corrected chi connectivity index (χ1v) is 10.5. The molecule has 2 heteroatoms. The molecule has 0 spiro atoms. The summed E-state index contributed by atoms with van der Waals surface area (Å²) >= 11 is 1.79. The fourth-order valence-corrected chi connectivity index (χ4v) is 4.82. The number of rotatable bonds is 0. The van der Waals surface area contributed by atoms with Gasteiger partial charge in [0.05, 0.1) is 28.1 Å². The first-order chi connectivity index (χ1) is 14.3. The molecule has 2 aromatic carbocycles. The van der Waals surface area contributed by atoms with Crippen LogP contribution in [0.25, 0.3) is 0 Å². The van der Waals surface area contributed by atoms with E-state index in [2.05, 4.69) is 108 Å². The van der Waals surface area contributed by atoms with Gasteiger partial charge in [-0.1, -0.05) is 90.1 Å². The first-order valence-electron chi connectivity index (χ1n) is 9.70. The molecule has 29 heavy (non-hydrogen) atoms. The normalized spacial score (nSPS) is 16.2. The smallest absolute Gasteiger partial charge is 0.0573 e. The van der Waals surface area contributed by atoms with Gasteiger partial charge in [0, 0.05) is 23.1 Å². The predicted molar refractivity (Wildman–Crippen MR) is 122 cm³/mol. The van der Waals surface area contributed by atoms with E-state index in [-0.39, 0.29) is 11.8 Å². The van der Waals surface area contributed by atoms with Crippen LogP contribution >= 0.6 is 11.8 Å². The minimum absolute atomic E-state index is 0.213. The van der Waals surface area contributed by atoms with E-state index >= 15 is 0 Å². The minimum Gasteiger partial charge on any atom is -0.343 e. The molecular formula is C27H19NS. The summed E-state index contributed by atoms with van der Waals surface area (Å²) in [7, 11) is 2.12. The predicted octanol–water partition coefficient (Wildman–Crippen LogP) is 6.11. The van der Waals surface area contributed by atoms with Crippen molar-refractivity contribution in [1.82, 2.24) is 0 Å². The lowest BCUT2D eigenvalue weighted by Crippen LogP contribution is -2.15. The van der Waals surface area contributed by atoms with Crippen molar-refractivity contribution in [2.24, 2.45) is 11.8 Å². The standard InChI is InChI=1S/C27H19NS/c1-28-24-18-16-22(14-13-20-7-2-3-8-20)19-26(24)29-27-23(11-6-12-25(27)28)17-15-21-9-4-5-10-21/h2-12,16,18-21H,1H3. The van der Waals surface area contributed by atoms with E-state index in [4.69, 9.17) is 0 Å². The fourth-order valence-electron chi connectivity index (χ4n) is 3.57. The minimum atomic E-state index is 0.213. The number of fused-ring (bicyclic) bond motifs is 2. The Morgan fingerprint density at radius 2 is 1.48 bits per heavy atom. The van der Waals surface area contributed by atoms with Gasteiger partial charge in [-0.2, -0.15) is 0 Å². The molecule has 0 fully saturated rings. The van der Waals surface area contributed by atoms with Gasteiger partial charge in [0.1, 0.15) is 0 Å². The van der Waals surface area contributed by atoms with Gasteiger partial charge in [-0.25, -0.2) is 0 Å². The Morgan fingerprint density at radius 3 is 2.21 bits per heavy atom. The third-order valence-corrected chi connectivity index (χ3v) is 6.32. The molecule has 0 aromatic heterocycles. The van der Waals surface area contributed by atoms with E-state index in [1.165, 1.54) is 21.2 Å². The van der Waals surface area contributed by atoms with Crippen molar-refractivity contribution >= 4 is 23.1 Å². The molecule has 0 amide bonds. The van der Waals surface area contributed by atoms with E-state index in [0.717, 1.165) is 11.1 Å². The number of hydrogen-bond acceptors (Lipinski definition) is 2. The fraction of sp³-hybridized carbons (Fsp3) is 0.111. The highest BCUT2D eigenvalue weighted by molar-refractivity contribution is 7.99. The van der Waals surface area contributed by atoms with Crippen molar-refractivity contribution < 1.29 is 0 Å². The van der Waals surface area contributed by atoms with Crippen molar-refractivity contribution in [3.05, 3.63) is 96.1 Å². The lowest BCUT2D eigenvalue weighted by molar-refractivity contribution is 1.10. The molecule has 1 heterocycles. The maximum absolute atomic E-state index is 3.40. The zero-order chi connectivity index (χ0) is 19.6. The zero-order valence-electron chi connectivity index (χ0n) is 16.1. The van der Waals surface area contributed by atoms with Crippen molar-refractivity contribution in [2.75, 3.05) is 11.9 Å². The summed E-state index contributed by atoms with van der Waals surface area (Å²) in [5.41, 5.74) is 4.54. The van der Waals surface area contributed by atoms with Crippen LogP contribution in [0.2, 0.25) is 0 Å². The molecule has 1 nitrogen and oxygen atoms in total. The Kier molecular flexibility index (Phi) is 4.65. The number of benzene rings is 2. The van der Waals surface area contributed by atoms with E-state index in [0.29, 0.717) is 0 Å². The third-order valence-electron chi connectivity index (χ3n) is 5.14. The second kappa shape index (κ2) is 7.59. The van der Waals surface area contributed by atoms with Gasteiger partial charge >= 0.3 is 0 Å². The Hall–Kier alpha value is -3.33. The molecule has 138 valence electrons. The summed E-state index contributed by atoms with van der Waals surface area (Å²) in [5, 5.41) is 0. The monoisotopic (exact) mass is 389 g/mol. The Balaban J connectivity index is 1.48. The van der Waals surface area contributed by atoms with Crippen LogP contribution in [0.3, 0.4) is 0 Å². The van der Waals surface area contributed by atoms with Crippen LogP contribution in [-0.2, 0) is 0 Å². The molecule has 3 aliphatic rings. The molecule has 0 radical (unpaired) electrons. The quantitative estimate of drug-likeness (QED) is 0.500. The Labute approximate surface area is 176 Å². The highest BCUT2D eigenvalue weighted by atomic mass is 32.2. The van der Waals surface area contributed by atoms with Crippen LogP contribution < -0.4 is 4.90 Å². The summed E-state index contributed by atoms with van der Waals surface area (Å²) in [6.07, 6.45) is 16.7. The van der Waals surface area contributed by atoms with Gasteiger partial charge < -0.3 is 4.90 Å². The third kappa shape index (κ3) is 3.56. The average molecular weight is 390 g/mol. The van der Waals surface area contributed by atoms with Gasteiger partial charge in [0.2, 0.25) is 0 Å². The molecule has 0 N–H and O–H groups in total. The lowest BCUT2D eigenvalue weighted by atomic mass is 10.1. The molecule has 0 atom stereocenters. The largest absolute Gasteiger partial charge is 0.343 e. The zero-order valence-corrected chi connectivity index (χ0v) is 16.9. The molecule has 1 aliphatic heterocycles. The van der Waals surface area contributed by atoms with Crippen molar-refractivity contribution in [1.29, 1.82) is 0 Å². The maximum atomic E-state index is 3.40. The highest BCUT2D eigenvalue weighted by Gasteiger charge is 2.22. The van der Waals surface area contributed by atoms with E-state index in [1.807, 2.05) is 12.2 Å². The summed E-state index contributed by atoms with van der Waals surface area (Å²) in [6, 6.07) is 12.8. The molecule has 0 bridgehead atoms. The number of hydrogen-bond donors (Lipinski definition) is 0. The average Bonchev–Trinajstić information content (AvgIpc) is 3.45.